The maximum Gasteiger partial charge on any atom is 0.267 e. The highest BCUT2D eigenvalue weighted by atomic mass is 16.2. The van der Waals surface area contributed by atoms with Gasteiger partial charge in [-0.1, -0.05) is 25.1 Å². The molecule has 8 nitrogen and oxygen atoms in total. The lowest BCUT2D eigenvalue weighted by molar-refractivity contribution is -0.123. The third-order valence-electron chi connectivity index (χ3n) is 6.13. The standard InChI is InChI=1S/C23H33N7O/c1-15(14-28(2)3)13-25-21-19(20(24)26-16-9-6-5-7-10-16)22(31)29(4)23-27-17-11-8-12-18(17)30(21)23/h5-7,9-10,15,17-18,25H,8,11-14H2,1-4H3,(H2,24,26). The van der Waals surface area contributed by atoms with E-state index in [-0.39, 0.29) is 23.8 Å². The van der Waals surface area contributed by atoms with Crippen molar-refractivity contribution in [2.75, 3.05) is 34.2 Å². The summed E-state index contributed by atoms with van der Waals surface area (Å²) >= 11 is 0. The van der Waals surface area contributed by atoms with Gasteiger partial charge in [-0.15, -0.1) is 0 Å². The molecule has 3 aliphatic rings. The van der Waals surface area contributed by atoms with Gasteiger partial charge in [0, 0.05) is 20.1 Å². The molecule has 1 aromatic rings. The van der Waals surface area contributed by atoms with Crippen LogP contribution >= 0.6 is 0 Å². The first-order valence-corrected chi connectivity index (χ1v) is 11.0. The van der Waals surface area contributed by atoms with Crippen molar-refractivity contribution in [2.45, 2.75) is 38.3 Å². The molecule has 8 heteroatoms. The highest BCUT2D eigenvalue weighted by Gasteiger charge is 2.48. The van der Waals surface area contributed by atoms with Gasteiger partial charge in [0.15, 0.2) is 0 Å². The van der Waals surface area contributed by atoms with Gasteiger partial charge in [0.05, 0.1) is 17.8 Å². The first-order valence-electron chi connectivity index (χ1n) is 11.0. The Balaban J connectivity index is 1.74. The molecule has 4 rings (SSSR count). The van der Waals surface area contributed by atoms with Gasteiger partial charge in [0.25, 0.3) is 5.91 Å². The summed E-state index contributed by atoms with van der Waals surface area (Å²) in [6.45, 7) is 3.88. The first kappa shape index (κ1) is 21.4. The maximum atomic E-state index is 13.4. The molecule has 0 bridgehead atoms. The lowest BCUT2D eigenvalue weighted by atomic mass is 10.1. The van der Waals surface area contributed by atoms with Gasteiger partial charge in [-0.25, -0.2) is 9.98 Å². The number of hydrogen-bond donors (Lipinski definition) is 2. The molecule has 0 spiro atoms. The van der Waals surface area contributed by atoms with Crippen molar-refractivity contribution in [3.8, 4) is 0 Å². The van der Waals surface area contributed by atoms with Gasteiger partial charge in [0.2, 0.25) is 5.96 Å². The SMILES string of the molecule is CC(CNC1=C(C(N)=Nc2ccccc2)C(=O)N(C)C2=NC3CCCC3N21)CN(C)C. The zero-order valence-corrected chi connectivity index (χ0v) is 18.9. The third-order valence-corrected chi connectivity index (χ3v) is 6.13. The number of likely N-dealkylation sites (N-methyl/N-ethyl adjacent to an activating group) is 1. The van der Waals surface area contributed by atoms with E-state index in [1.165, 1.54) is 0 Å². The highest BCUT2D eigenvalue weighted by Crippen LogP contribution is 2.37. The topological polar surface area (TPSA) is 89.6 Å². The third kappa shape index (κ3) is 4.17. The monoisotopic (exact) mass is 423 g/mol. The Kier molecular flexibility index (Phi) is 6.00. The van der Waals surface area contributed by atoms with Crippen molar-refractivity contribution < 1.29 is 4.79 Å². The van der Waals surface area contributed by atoms with Crippen LogP contribution in [0, 0.1) is 5.92 Å². The van der Waals surface area contributed by atoms with Crippen LogP contribution in [0.3, 0.4) is 0 Å². The lowest BCUT2D eigenvalue weighted by Crippen LogP contribution is -2.56. The van der Waals surface area contributed by atoms with Gasteiger partial charge < -0.3 is 16.0 Å². The van der Waals surface area contributed by atoms with Crippen LogP contribution < -0.4 is 11.1 Å². The number of nitrogens with one attached hydrogen (secondary N) is 1. The summed E-state index contributed by atoms with van der Waals surface area (Å²) < 4.78 is 0. The molecule has 1 aliphatic carbocycles. The Morgan fingerprint density at radius 2 is 2.06 bits per heavy atom. The summed E-state index contributed by atoms with van der Waals surface area (Å²) in [4.78, 5) is 28.9. The predicted molar refractivity (Wildman–Crippen MR) is 124 cm³/mol. The van der Waals surface area contributed by atoms with Crippen LogP contribution in [0.5, 0.6) is 0 Å². The van der Waals surface area contributed by atoms with Crippen LogP contribution in [0.1, 0.15) is 26.2 Å². The number of para-hydroxylation sites is 1. The van der Waals surface area contributed by atoms with E-state index in [1.807, 2.05) is 30.3 Å². The molecule has 3 atom stereocenters. The van der Waals surface area contributed by atoms with Crippen LogP contribution in [0.15, 0.2) is 51.7 Å². The molecule has 1 fully saturated rings. The summed E-state index contributed by atoms with van der Waals surface area (Å²) in [6.07, 6.45) is 3.26. The molecule has 0 saturated heterocycles. The van der Waals surface area contributed by atoms with Crippen LogP contribution in [0.25, 0.3) is 0 Å². The molecule has 1 aromatic carbocycles. The number of rotatable bonds is 7. The van der Waals surface area contributed by atoms with E-state index in [2.05, 4.69) is 41.1 Å². The van der Waals surface area contributed by atoms with E-state index in [4.69, 9.17) is 10.7 Å². The molecule has 1 saturated carbocycles. The van der Waals surface area contributed by atoms with Crippen molar-refractivity contribution in [1.29, 1.82) is 0 Å². The number of carbonyl (C=O) groups is 1. The van der Waals surface area contributed by atoms with Gasteiger partial charge in [0.1, 0.15) is 17.2 Å². The zero-order chi connectivity index (χ0) is 22.1. The molecule has 3 N–H and O–H groups in total. The minimum Gasteiger partial charge on any atom is -0.383 e. The summed E-state index contributed by atoms with van der Waals surface area (Å²) in [7, 11) is 5.91. The molecule has 1 amide bonds. The number of amides is 1. The lowest BCUT2D eigenvalue weighted by Gasteiger charge is -2.39. The van der Waals surface area contributed by atoms with E-state index in [9.17, 15) is 4.79 Å². The number of hydrogen-bond acceptors (Lipinski definition) is 6. The highest BCUT2D eigenvalue weighted by molar-refractivity contribution is 6.26. The molecule has 166 valence electrons. The van der Waals surface area contributed by atoms with Crippen molar-refractivity contribution in [3.05, 3.63) is 41.7 Å². The second-order valence-corrected chi connectivity index (χ2v) is 9.03. The zero-order valence-electron chi connectivity index (χ0n) is 18.9. The van der Waals surface area contributed by atoms with Crippen molar-refractivity contribution in [1.82, 2.24) is 20.0 Å². The Hall–Kier alpha value is -2.87. The summed E-state index contributed by atoms with van der Waals surface area (Å²) in [5.41, 5.74) is 7.61. The fraction of sp³-hybridized carbons (Fsp3) is 0.522. The van der Waals surface area contributed by atoms with E-state index < -0.39 is 0 Å². The fourth-order valence-corrected chi connectivity index (χ4v) is 4.79. The average molecular weight is 424 g/mol. The second kappa shape index (κ2) is 8.70. The number of nitrogens with zero attached hydrogens (tertiary/aromatic N) is 5. The molecule has 0 aromatic heterocycles. The first-order chi connectivity index (χ1) is 14.9. The molecule has 2 aliphatic heterocycles. The number of benzene rings is 1. The molecular weight excluding hydrogens is 390 g/mol. The van der Waals surface area contributed by atoms with Crippen LogP contribution in [0.4, 0.5) is 5.69 Å². The Bertz CT molecular complexity index is 921. The number of fused-ring (bicyclic) bond motifs is 3. The summed E-state index contributed by atoms with van der Waals surface area (Å²) in [5, 5.41) is 3.57. The number of amidine groups is 1. The second-order valence-electron chi connectivity index (χ2n) is 9.03. The molecule has 31 heavy (non-hydrogen) atoms. The quantitative estimate of drug-likeness (QED) is 0.515. The van der Waals surface area contributed by atoms with E-state index in [1.54, 1.807) is 11.9 Å². The number of carbonyl (C=O) groups excluding carboxylic acids is 1. The van der Waals surface area contributed by atoms with Crippen LogP contribution in [-0.4, -0.2) is 78.7 Å². The minimum absolute atomic E-state index is 0.171. The van der Waals surface area contributed by atoms with E-state index in [0.29, 0.717) is 11.5 Å². The van der Waals surface area contributed by atoms with Crippen LogP contribution in [-0.2, 0) is 4.79 Å². The van der Waals surface area contributed by atoms with Gasteiger partial charge in [-0.05, 0) is 51.4 Å². The largest absolute Gasteiger partial charge is 0.383 e. The summed E-state index contributed by atoms with van der Waals surface area (Å²) in [5.74, 6) is 1.92. The Morgan fingerprint density at radius 3 is 2.77 bits per heavy atom. The molecule has 3 unspecified atom stereocenters. The Labute approximate surface area is 184 Å². The van der Waals surface area contributed by atoms with Crippen molar-refractivity contribution >= 4 is 23.4 Å². The molecular formula is C23H33N7O. The maximum absolute atomic E-state index is 13.4. The number of guanidine groups is 1. The number of aliphatic imine (C=N–C) groups is 2. The van der Waals surface area contributed by atoms with Gasteiger partial charge >= 0.3 is 0 Å². The normalized spacial score (nSPS) is 24.5. The van der Waals surface area contributed by atoms with Gasteiger partial charge in [-0.2, -0.15) is 0 Å². The van der Waals surface area contributed by atoms with E-state index >= 15 is 0 Å². The van der Waals surface area contributed by atoms with Crippen molar-refractivity contribution in [3.63, 3.8) is 0 Å². The summed E-state index contributed by atoms with van der Waals surface area (Å²) in [6, 6.07) is 10.0. The van der Waals surface area contributed by atoms with Gasteiger partial charge in [-0.3, -0.25) is 14.6 Å². The smallest absolute Gasteiger partial charge is 0.267 e. The average Bonchev–Trinajstić information content (AvgIpc) is 3.31. The predicted octanol–water partition coefficient (Wildman–Crippen LogP) is 1.74. The number of nitrogens with two attached hydrogens (primary N) is 1. The molecule has 2 heterocycles. The Morgan fingerprint density at radius 1 is 1.32 bits per heavy atom. The molecule has 0 radical (unpaired) electrons. The van der Waals surface area contributed by atoms with E-state index in [0.717, 1.165) is 49.8 Å². The minimum atomic E-state index is -0.171. The van der Waals surface area contributed by atoms with Crippen molar-refractivity contribution in [2.24, 2.45) is 21.6 Å². The fourth-order valence-electron chi connectivity index (χ4n) is 4.79. The van der Waals surface area contributed by atoms with Crippen LogP contribution in [0.2, 0.25) is 0 Å².